The number of nitrogens with zero attached hydrogens (tertiary/aromatic N) is 1. The summed E-state index contributed by atoms with van der Waals surface area (Å²) in [6.45, 7) is 0.395. The van der Waals surface area contributed by atoms with Gasteiger partial charge in [-0.1, -0.05) is 6.07 Å². The summed E-state index contributed by atoms with van der Waals surface area (Å²) in [5.74, 6) is 1.54. The van der Waals surface area contributed by atoms with Gasteiger partial charge >= 0.3 is 0 Å². The number of fused-ring (bicyclic) bond motifs is 1. The Balaban J connectivity index is 1.81. The Morgan fingerprint density at radius 1 is 1.10 bits per heavy atom. The number of hydrogen-bond acceptors (Lipinski definition) is 4. The third kappa shape index (κ3) is 2.89. The van der Waals surface area contributed by atoms with Gasteiger partial charge in [0, 0.05) is 28.9 Å². The number of rotatable bonds is 4. The molecule has 0 aliphatic carbocycles. The first-order chi connectivity index (χ1) is 10.3. The Morgan fingerprint density at radius 2 is 2.00 bits per heavy atom. The van der Waals surface area contributed by atoms with E-state index in [2.05, 4.69) is 4.98 Å². The highest BCUT2D eigenvalue weighted by molar-refractivity contribution is 5.79. The predicted molar refractivity (Wildman–Crippen MR) is 83.5 cm³/mol. The summed E-state index contributed by atoms with van der Waals surface area (Å²) in [7, 11) is 1.63. The maximum absolute atomic E-state index is 5.82. The molecule has 0 spiro atoms. The van der Waals surface area contributed by atoms with Crippen LogP contribution in [0.1, 0.15) is 5.56 Å². The highest BCUT2D eigenvalue weighted by atomic mass is 16.5. The van der Waals surface area contributed by atoms with Crippen molar-refractivity contribution in [2.45, 2.75) is 6.61 Å². The summed E-state index contributed by atoms with van der Waals surface area (Å²) in [4.78, 5) is 4.32. The molecule has 0 saturated carbocycles. The first kappa shape index (κ1) is 13.2. The van der Waals surface area contributed by atoms with E-state index in [9.17, 15) is 0 Å². The number of benzene rings is 2. The third-order valence-electron chi connectivity index (χ3n) is 3.28. The number of pyridine rings is 1. The summed E-state index contributed by atoms with van der Waals surface area (Å²) < 4.78 is 11.1. The SMILES string of the molecule is COc1ccc(N)cc1COc1ccc2cccnc2c1. The van der Waals surface area contributed by atoms with Crippen LogP contribution in [-0.2, 0) is 6.61 Å². The van der Waals surface area contributed by atoms with E-state index in [4.69, 9.17) is 15.2 Å². The average molecular weight is 280 g/mol. The maximum Gasteiger partial charge on any atom is 0.125 e. The van der Waals surface area contributed by atoms with E-state index in [0.717, 1.165) is 28.0 Å². The molecule has 106 valence electrons. The molecule has 0 bridgehead atoms. The fraction of sp³-hybridized carbons (Fsp3) is 0.118. The van der Waals surface area contributed by atoms with Gasteiger partial charge in [0.05, 0.1) is 12.6 Å². The van der Waals surface area contributed by atoms with Gasteiger partial charge in [0.2, 0.25) is 0 Å². The standard InChI is InChI=1S/C17H16N2O2/c1-20-17-7-5-14(18)9-13(17)11-21-15-6-4-12-3-2-8-19-16(12)10-15/h2-10H,11,18H2,1H3. The number of nitrogen functional groups attached to an aromatic ring is 1. The molecule has 0 atom stereocenters. The number of anilines is 1. The average Bonchev–Trinajstić information content (AvgIpc) is 2.53. The lowest BCUT2D eigenvalue weighted by molar-refractivity contribution is 0.297. The van der Waals surface area contributed by atoms with Crippen molar-refractivity contribution in [1.82, 2.24) is 4.98 Å². The minimum Gasteiger partial charge on any atom is -0.496 e. The monoisotopic (exact) mass is 280 g/mol. The summed E-state index contributed by atoms with van der Waals surface area (Å²) in [5.41, 5.74) is 8.32. The number of ether oxygens (including phenoxy) is 2. The molecule has 0 unspecified atom stereocenters. The fourth-order valence-corrected chi connectivity index (χ4v) is 2.21. The van der Waals surface area contributed by atoms with Crippen molar-refractivity contribution in [3.05, 3.63) is 60.3 Å². The van der Waals surface area contributed by atoms with Gasteiger partial charge in [0.15, 0.2) is 0 Å². The van der Waals surface area contributed by atoms with E-state index >= 15 is 0 Å². The summed E-state index contributed by atoms with van der Waals surface area (Å²) >= 11 is 0. The summed E-state index contributed by atoms with van der Waals surface area (Å²) in [6.07, 6.45) is 1.77. The largest absolute Gasteiger partial charge is 0.496 e. The van der Waals surface area contributed by atoms with Gasteiger partial charge in [0.25, 0.3) is 0 Å². The maximum atomic E-state index is 5.82. The van der Waals surface area contributed by atoms with E-state index in [-0.39, 0.29) is 0 Å². The van der Waals surface area contributed by atoms with Crippen LogP contribution in [-0.4, -0.2) is 12.1 Å². The molecular formula is C17H16N2O2. The van der Waals surface area contributed by atoms with Crippen LogP contribution in [0.5, 0.6) is 11.5 Å². The molecule has 1 aromatic heterocycles. The molecular weight excluding hydrogens is 264 g/mol. The van der Waals surface area contributed by atoms with Gasteiger partial charge in [-0.25, -0.2) is 0 Å². The van der Waals surface area contributed by atoms with Gasteiger partial charge in [-0.2, -0.15) is 0 Å². The van der Waals surface area contributed by atoms with Crippen molar-refractivity contribution >= 4 is 16.6 Å². The molecule has 0 aliphatic rings. The van der Waals surface area contributed by atoms with E-state index < -0.39 is 0 Å². The van der Waals surface area contributed by atoms with Crippen molar-refractivity contribution in [1.29, 1.82) is 0 Å². The van der Waals surface area contributed by atoms with Crippen LogP contribution >= 0.6 is 0 Å². The second kappa shape index (κ2) is 5.71. The Hall–Kier alpha value is -2.75. The molecule has 0 amide bonds. The zero-order valence-corrected chi connectivity index (χ0v) is 11.7. The number of nitrogens with two attached hydrogens (primary N) is 1. The van der Waals surface area contributed by atoms with E-state index in [1.54, 1.807) is 13.3 Å². The van der Waals surface area contributed by atoms with Crippen molar-refractivity contribution in [3.63, 3.8) is 0 Å². The second-order valence-electron chi connectivity index (χ2n) is 4.72. The lowest BCUT2D eigenvalue weighted by Gasteiger charge is -2.11. The first-order valence-corrected chi connectivity index (χ1v) is 6.66. The highest BCUT2D eigenvalue weighted by Crippen LogP contribution is 2.24. The highest BCUT2D eigenvalue weighted by Gasteiger charge is 2.05. The fourth-order valence-electron chi connectivity index (χ4n) is 2.21. The van der Waals surface area contributed by atoms with E-state index in [1.165, 1.54) is 0 Å². The molecule has 2 N–H and O–H groups in total. The quantitative estimate of drug-likeness (QED) is 0.744. The molecule has 4 heteroatoms. The molecule has 2 aromatic carbocycles. The number of methoxy groups -OCH3 is 1. The second-order valence-corrected chi connectivity index (χ2v) is 4.72. The van der Waals surface area contributed by atoms with Crippen molar-refractivity contribution in [2.24, 2.45) is 0 Å². The van der Waals surface area contributed by atoms with Crippen LogP contribution in [0, 0.1) is 0 Å². The number of hydrogen-bond donors (Lipinski definition) is 1. The van der Waals surface area contributed by atoms with Crippen LogP contribution in [0.15, 0.2) is 54.7 Å². The topological polar surface area (TPSA) is 57.4 Å². The Labute approximate surface area is 123 Å². The number of aromatic nitrogens is 1. The van der Waals surface area contributed by atoms with Gasteiger partial charge < -0.3 is 15.2 Å². The Kier molecular flexibility index (Phi) is 3.60. The van der Waals surface area contributed by atoms with Crippen molar-refractivity contribution < 1.29 is 9.47 Å². The van der Waals surface area contributed by atoms with E-state index in [1.807, 2.05) is 48.5 Å². The zero-order valence-electron chi connectivity index (χ0n) is 11.7. The van der Waals surface area contributed by atoms with Crippen LogP contribution in [0.3, 0.4) is 0 Å². The molecule has 3 aromatic rings. The summed E-state index contributed by atoms with van der Waals surface area (Å²) in [5, 5.41) is 1.09. The lowest BCUT2D eigenvalue weighted by Crippen LogP contribution is -2.00. The van der Waals surface area contributed by atoms with Gasteiger partial charge in [-0.15, -0.1) is 0 Å². The minimum atomic E-state index is 0.395. The molecule has 3 rings (SSSR count). The van der Waals surface area contributed by atoms with Crippen LogP contribution in [0.4, 0.5) is 5.69 Å². The Morgan fingerprint density at radius 3 is 2.86 bits per heavy atom. The lowest BCUT2D eigenvalue weighted by atomic mass is 10.2. The van der Waals surface area contributed by atoms with Gasteiger partial charge in [0.1, 0.15) is 18.1 Å². The zero-order chi connectivity index (χ0) is 14.7. The van der Waals surface area contributed by atoms with Crippen LogP contribution < -0.4 is 15.2 Å². The predicted octanol–water partition coefficient (Wildman–Crippen LogP) is 3.40. The first-order valence-electron chi connectivity index (χ1n) is 6.66. The van der Waals surface area contributed by atoms with Gasteiger partial charge in [-0.3, -0.25) is 4.98 Å². The molecule has 21 heavy (non-hydrogen) atoms. The molecule has 4 nitrogen and oxygen atoms in total. The smallest absolute Gasteiger partial charge is 0.125 e. The van der Waals surface area contributed by atoms with Gasteiger partial charge in [-0.05, 0) is 36.4 Å². The minimum absolute atomic E-state index is 0.395. The molecule has 0 saturated heterocycles. The normalized spacial score (nSPS) is 10.5. The molecule has 0 fully saturated rings. The van der Waals surface area contributed by atoms with Crippen molar-refractivity contribution in [3.8, 4) is 11.5 Å². The van der Waals surface area contributed by atoms with Crippen LogP contribution in [0.2, 0.25) is 0 Å². The molecule has 1 heterocycles. The van der Waals surface area contributed by atoms with Crippen LogP contribution in [0.25, 0.3) is 10.9 Å². The van der Waals surface area contributed by atoms with Crippen molar-refractivity contribution in [2.75, 3.05) is 12.8 Å². The Bertz CT molecular complexity index is 772. The molecule has 0 aliphatic heterocycles. The summed E-state index contributed by atoms with van der Waals surface area (Å²) in [6, 6.07) is 15.3. The van der Waals surface area contributed by atoms with E-state index in [0.29, 0.717) is 12.3 Å². The third-order valence-corrected chi connectivity index (χ3v) is 3.28. The molecule has 0 radical (unpaired) electrons.